The lowest BCUT2D eigenvalue weighted by Crippen LogP contribution is -2.51. The smallest absolute Gasteiger partial charge is 0.253 e. The highest BCUT2D eigenvalue weighted by Gasteiger charge is 2.32. The van der Waals surface area contributed by atoms with Crippen molar-refractivity contribution in [3.8, 4) is 22.6 Å². The van der Waals surface area contributed by atoms with Gasteiger partial charge in [-0.05, 0) is 59.0 Å². The number of aliphatic hydroxyl groups is 1. The average Bonchev–Trinajstić information content (AvgIpc) is 2.85. The Balaban J connectivity index is 1.22. The van der Waals surface area contributed by atoms with Gasteiger partial charge in [-0.25, -0.2) is 0 Å². The largest absolute Gasteiger partial charge is 0.508 e. The molecule has 0 bridgehead atoms. The van der Waals surface area contributed by atoms with Gasteiger partial charge < -0.3 is 19.8 Å². The number of aromatic nitrogens is 1. The summed E-state index contributed by atoms with van der Waals surface area (Å²) in [4.78, 5) is 18.8. The highest BCUT2D eigenvalue weighted by Crippen LogP contribution is 2.26. The van der Waals surface area contributed by atoms with Gasteiger partial charge in [0.25, 0.3) is 5.91 Å². The summed E-state index contributed by atoms with van der Waals surface area (Å²) in [6, 6.07) is 22.0. The van der Waals surface area contributed by atoms with Crippen molar-refractivity contribution in [2.24, 2.45) is 0 Å². The van der Waals surface area contributed by atoms with Crippen molar-refractivity contribution in [2.75, 3.05) is 13.1 Å². The summed E-state index contributed by atoms with van der Waals surface area (Å²) >= 11 is 0. The number of carbonyl (C=O) groups is 1. The first-order chi connectivity index (χ1) is 16.1. The molecule has 33 heavy (non-hydrogen) atoms. The van der Waals surface area contributed by atoms with Crippen LogP contribution < -0.4 is 4.74 Å². The summed E-state index contributed by atoms with van der Waals surface area (Å²) in [5, 5.41) is 22.2. The first kappa shape index (κ1) is 21.0. The number of aromatic hydroxyl groups is 1. The zero-order valence-electron chi connectivity index (χ0n) is 18.0. The van der Waals surface area contributed by atoms with Crippen LogP contribution in [-0.4, -0.2) is 51.3 Å². The second-order valence-corrected chi connectivity index (χ2v) is 8.27. The third kappa shape index (κ3) is 4.52. The number of β-amino-alcohol motifs (C(OH)–C–C–N with tert-alkyl or cyclic N) is 1. The maximum atomic E-state index is 13.0. The molecule has 166 valence electrons. The summed E-state index contributed by atoms with van der Waals surface area (Å²) < 4.78 is 6.05. The van der Waals surface area contributed by atoms with Crippen molar-refractivity contribution < 1.29 is 19.7 Å². The first-order valence-corrected chi connectivity index (χ1v) is 10.9. The molecule has 3 aromatic carbocycles. The molecule has 1 aliphatic heterocycles. The predicted octanol–water partition coefficient (Wildman–Crippen LogP) is 4.26. The minimum atomic E-state index is -0.774. The van der Waals surface area contributed by atoms with Gasteiger partial charge in [-0.3, -0.25) is 9.78 Å². The molecule has 1 saturated heterocycles. The number of amides is 1. The molecule has 2 N–H and O–H groups in total. The molecule has 6 heteroatoms. The quantitative estimate of drug-likeness (QED) is 0.495. The number of fused-ring (bicyclic) bond motifs is 1. The molecule has 0 radical (unpaired) electrons. The van der Waals surface area contributed by atoms with Crippen molar-refractivity contribution in [2.45, 2.75) is 18.6 Å². The van der Waals surface area contributed by atoms with Gasteiger partial charge in [0.1, 0.15) is 23.7 Å². The molecule has 0 saturated carbocycles. The number of likely N-dealkylation sites (tertiary alicyclic amines) is 1. The first-order valence-electron chi connectivity index (χ1n) is 10.9. The average molecular weight is 440 g/mol. The van der Waals surface area contributed by atoms with Gasteiger partial charge in [-0.1, -0.05) is 30.3 Å². The minimum Gasteiger partial charge on any atom is -0.508 e. The Morgan fingerprint density at radius 1 is 0.939 bits per heavy atom. The second-order valence-electron chi connectivity index (χ2n) is 8.27. The van der Waals surface area contributed by atoms with E-state index >= 15 is 0 Å². The van der Waals surface area contributed by atoms with Crippen molar-refractivity contribution in [3.63, 3.8) is 0 Å². The van der Waals surface area contributed by atoms with Crippen molar-refractivity contribution >= 4 is 16.7 Å². The van der Waals surface area contributed by atoms with Gasteiger partial charge >= 0.3 is 0 Å². The van der Waals surface area contributed by atoms with Gasteiger partial charge in [-0.2, -0.15) is 0 Å². The Morgan fingerprint density at radius 2 is 1.67 bits per heavy atom. The lowest BCUT2D eigenvalue weighted by Gasteiger charge is -2.36. The SMILES string of the molecule is O=C(c1ccc(-c2ccc(O)cc2)cc1)N1CC[C@@H](Oc2ccc3ccncc3c2)[C@H](O)C1. The van der Waals surface area contributed by atoms with Crippen LogP contribution in [0.1, 0.15) is 16.8 Å². The summed E-state index contributed by atoms with van der Waals surface area (Å²) in [6.45, 7) is 0.730. The van der Waals surface area contributed by atoms with Crippen molar-refractivity contribution in [3.05, 3.63) is 90.8 Å². The normalized spacial score (nSPS) is 18.3. The third-order valence-corrected chi connectivity index (χ3v) is 6.04. The molecular weight excluding hydrogens is 416 g/mol. The Bertz CT molecular complexity index is 1270. The predicted molar refractivity (Wildman–Crippen MR) is 126 cm³/mol. The molecule has 0 unspecified atom stereocenters. The highest BCUT2D eigenvalue weighted by atomic mass is 16.5. The van der Waals surface area contributed by atoms with E-state index in [2.05, 4.69) is 4.98 Å². The number of phenols is 1. The number of piperidine rings is 1. The van der Waals surface area contributed by atoms with Crippen LogP contribution in [0.25, 0.3) is 21.9 Å². The minimum absolute atomic E-state index is 0.110. The van der Waals surface area contributed by atoms with Crippen LogP contribution in [0.15, 0.2) is 85.2 Å². The Kier molecular flexibility index (Phi) is 5.67. The van der Waals surface area contributed by atoms with E-state index in [4.69, 9.17) is 4.74 Å². The highest BCUT2D eigenvalue weighted by molar-refractivity contribution is 5.94. The number of ether oxygens (including phenoxy) is 1. The van der Waals surface area contributed by atoms with Crippen LogP contribution >= 0.6 is 0 Å². The lowest BCUT2D eigenvalue weighted by molar-refractivity contribution is -0.0198. The van der Waals surface area contributed by atoms with Crippen LogP contribution in [0.3, 0.4) is 0 Å². The number of carbonyl (C=O) groups excluding carboxylic acids is 1. The molecule has 5 rings (SSSR count). The van der Waals surface area contributed by atoms with E-state index in [1.807, 2.05) is 48.5 Å². The monoisotopic (exact) mass is 440 g/mol. The molecule has 0 spiro atoms. The van der Waals surface area contributed by atoms with Crippen molar-refractivity contribution in [1.29, 1.82) is 0 Å². The van der Waals surface area contributed by atoms with Crippen LogP contribution in [0.5, 0.6) is 11.5 Å². The summed E-state index contributed by atoms with van der Waals surface area (Å²) in [6.07, 6.45) is 2.93. The molecule has 1 aliphatic rings. The van der Waals surface area contributed by atoms with Gasteiger partial charge in [0.05, 0.1) is 6.54 Å². The third-order valence-electron chi connectivity index (χ3n) is 6.04. The van der Waals surface area contributed by atoms with E-state index in [1.54, 1.807) is 41.6 Å². The van der Waals surface area contributed by atoms with E-state index in [0.717, 1.165) is 21.9 Å². The van der Waals surface area contributed by atoms with Gasteiger partial charge in [0.2, 0.25) is 0 Å². The van der Waals surface area contributed by atoms with Gasteiger partial charge in [0.15, 0.2) is 0 Å². The summed E-state index contributed by atoms with van der Waals surface area (Å²) in [7, 11) is 0. The Labute approximate surface area is 191 Å². The topological polar surface area (TPSA) is 82.9 Å². The van der Waals surface area contributed by atoms with E-state index < -0.39 is 6.10 Å². The number of phenolic OH excluding ortho intramolecular Hbond substituents is 1. The number of nitrogens with zero attached hydrogens (tertiary/aromatic N) is 2. The molecule has 2 heterocycles. The molecule has 1 amide bonds. The van der Waals surface area contributed by atoms with Crippen LogP contribution in [0.4, 0.5) is 0 Å². The molecule has 1 aromatic heterocycles. The van der Waals surface area contributed by atoms with Gasteiger partial charge in [-0.15, -0.1) is 0 Å². The molecular formula is C27H24N2O4. The fourth-order valence-corrected chi connectivity index (χ4v) is 4.18. The van der Waals surface area contributed by atoms with Gasteiger partial charge in [0, 0.05) is 36.3 Å². The number of benzene rings is 3. The summed E-state index contributed by atoms with van der Waals surface area (Å²) in [5.41, 5.74) is 2.50. The zero-order valence-corrected chi connectivity index (χ0v) is 18.0. The van der Waals surface area contributed by atoms with E-state index in [0.29, 0.717) is 24.3 Å². The maximum Gasteiger partial charge on any atom is 0.253 e. The lowest BCUT2D eigenvalue weighted by atomic mass is 10.0. The van der Waals surface area contributed by atoms with Crippen LogP contribution in [0.2, 0.25) is 0 Å². The molecule has 4 aromatic rings. The Hall–Kier alpha value is -3.90. The molecule has 2 atom stereocenters. The molecule has 1 fully saturated rings. The van der Waals surface area contributed by atoms with E-state index in [1.165, 1.54) is 0 Å². The fourth-order valence-electron chi connectivity index (χ4n) is 4.18. The van der Waals surface area contributed by atoms with E-state index in [-0.39, 0.29) is 24.3 Å². The summed E-state index contributed by atoms with van der Waals surface area (Å²) in [5.74, 6) is 0.791. The fraction of sp³-hybridized carbons (Fsp3) is 0.185. The van der Waals surface area contributed by atoms with E-state index in [9.17, 15) is 15.0 Å². The number of rotatable bonds is 4. The number of hydrogen-bond donors (Lipinski definition) is 2. The van der Waals surface area contributed by atoms with Crippen LogP contribution in [-0.2, 0) is 0 Å². The molecule has 0 aliphatic carbocycles. The maximum absolute atomic E-state index is 13.0. The Morgan fingerprint density at radius 3 is 2.39 bits per heavy atom. The second kappa shape index (κ2) is 8.92. The number of aliphatic hydroxyl groups excluding tert-OH is 1. The van der Waals surface area contributed by atoms with Crippen LogP contribution in [0, 0.1) is 0 Å². The zero-order chi connectivity index (χ0) is 22.8. The number of hydrogen-bond acceptors (Lipinski definition) is 5. The number of pyridine rings is 1. The van der Waals surface area contributed by atoms with Crippen molar-refractivity contribution in [1.82, 2.24) is 9.88 Å². The standard InChI is InChI=1S/C27H24N2O4/c30-23-8-5-19(6-9-23)18-1-3-21(4-2-18)27(32)29-14-12-26(25(31)17-29)33-24-10-7-20-11-13-28-16-22(20)15-24/h1-11,13,15-16,25-26,30-31H,12,14,17H2/t25-,26-/m1/s1. The molecule has 6 nitrogen and oxygen atoms in total.